The van der Waals surface area contributed by atoms with Crippen LogP contribution in [-0.4, -0.2) is 74.4 Å². The Morgan fingerprint density at radius 1 is 1.17 bits per heavy atom. The highest BCUT2D eigenvalue weighted by Gasteiger charge is 2.24. The first-order valence-corrected chi connectivity index (χ1v) is 9.80. The van der Waals surface area contributed by atoms with Crippen LogP contribution in [0.15, 0.2) is 24.3 Å². The Morgan fingerprint density at radius 3 is 2.30 bits per heavy atom. The molecule has 0 radical (unpaired) electrons. The van der Waals surface area contributed by atoms with Gasteiger partial charge >= 0.3 is 0 Å². The third-order valence-electron chi connectivity index (χ3n) is 4.04. The van der Waals surface area contributed by atoms with Crippen LogP contribution < -0.4 is 4.74 Å². The number of ether oxygens (including phenoxy) is 1. The molecule has 0 spiro atoms. The number of nitrogens with zero attached hydrogens (tertiary/aromatic N) is 2. The molecule has 0 aromatic heterocycles. The fourth-order valence-electron chi connectivity index (χ4n) is 2.61. The second-order valence-electron chi connectivity index (χ2n) is 5.92. The van der Waals surface area contributed by atoms with E-state index in [0.717, 1.165) is 12.2 Å². The lowest BCUT2D eigenvalue weighted by atomic mass is 10.2. The highest BCUT2D eigenvalue weighted by atomic mass is 32.2. The van der Waals surface area contributed by atoms with Crippen LogP contribution in [0.2, 0.25) is 0 Å². The highest BCUT2D eigenvalue weighted by Crippen LogP contribution is 2.13. The first-order chi connectivity index (χ1) is 10.9. The number of piperazine rings is 1. The van der Waals surface area contributed by atoms with Crippen molar-refractivity contribution < 1.29 is 18.3 Å². The number of rotatable bonds is 7. The maximum atomic E-state index is 11.5. The van der Waals surface area contributed by atoms with Crippen LogP contribution >= 0.6 is 0 Å². The molecule has 1 N–H and O–H groups in total. The molecule has 2 rings (SSSR count). The van der Waals surface area contributed by atoms with Gasteiger partial charge in [0.15, 0.2) is 0 Å². The fourth-order valence-corrected chi connectivity index (χ4v) is 3.43. The number of aryl methyl sites for hydroxylation is 1. The average Bonchev–Trinajstić information content (AvgIpc) is 2.53. The van der Waals surface area contributed by atoms with E-state index in [4.69, 9.17) is 4.74 Å². The van der Waals surface area contributed by atoms with Gasteiger partial charge in [0.1, 0.15) is 18.5 Å². The molecular formula is C16H26N2O4S. The second-order valence-corrected chi connectivity index (χ2v) is 7.91. The number of β-amino-alcohol motifs (C(OH)–C–C–N with tert-alkyl or cyclic N) is 1. The summed E-state index contributed by atoms with van der Waals surface area (Å²) in [6, 6.07) is 7.87. The van der Waals surface area contributed by atoms with E-state index in [2.05, 4.69) is 11.8 Å². The predicted molar refractivity (Wildman–Crippen MR) is 90.2 cm³/mol. The smallest absolute Gasteiger partial charge is 0.211 e. The molecule has 0 bridgehead atoms. The van der Waals surface area contributed by atoms with Crippen molar-refractivity contribution in [3.8, 4) is 5.75 Å². The largest absolute Gasteiger partial charge is 0.491 e. The molecule has 1 aliphatic rings. The standard InChI is InChI=1S/C16H26N2O4S/c1-3-14-4-6-16(7-5-14)22-13-15(19)12-17-8-10-18(11-9-17)23(2,20)21/h4-7,15,19H,3,8-13H2,1-2H3/t15-/m1/s1. The van der Waals surface area contributed by atoms with E-state index in [-0.39, 0.29) is 6.61 Å². The summed E-state index contributed by atoms with van der Waals surface area (Å²) in [6.45, 7) is 5.05. The number of benzene rings is 1. The third-order valence-corrected chi connectivity index (χ3v) is 5.35. The van der Waals surface area contributed by atoms with Gasteiger partial charge in [-0.3, -0.25) is 4.90 Å². The molecule has 1 fully saturated rings. The van der Waals surface area contributed by atoms with E-state index < -0.39 is 16.1 Å². The summed E-state index contributed by atoms with van der Waals surface area (Å²) in [5.74, 6) is 0.753. The van der Waals surface area contributed by atoms with Gasteiger partial charge in [-0.2, -0.15) is 4.31 Å². The van der Waals surface area contributed by atoms with Crippen molar-refractivity contribution >= 4 is 10.0 Å². The molecule has 1 aliphatic heterocycles. The Kier molecular flexibility index (Phi) is 6.41. The molecule has 1 aromatic carbocycles. The van der Waals surface area contributed by atoms with Gasteiger partial charge in [0.25, 0.3) is 0 Å². The average molecular weight is 342 g/mol. The van der Waals surface area contributed by atoms with Gasteiger partial charge in [-0.25, -0.2) is 8.42 Å². The van der Waals surface area contributed by atoms with Crippen LogP contribution in [0.25, 0.3) is 0 Å². The minimum Gasteiger partial charge on any atom is -0.491 e. The molecule has 130 valence electrons. The van der Waals surface area contributed by atoms with E-state index >= 15 is 0 Å². The van der Waals surface area contributed by atoms with Gasteiger partial charge in [-0.05, 0) is 24.1 Å². The lowest BCUT2D eigenvalue weighted by Crippen LogP contribution is -2.50. The van der Waals surface area contributed by atoms with Crippen molar-refractivity contribution in [2.45, 2.75) is 19.4 Å². The Bertz CT molecular complexity index is 581. The van der Waals surface area contributed by atoms with Crippen molar-refractivity contribution in [2.24, 2.45) is 0 Å². The van der Waals surface area contributed by atoms with Gasteiger partial charge in [0.2, 0.25) is 10.0 Å². The Morgan fingerprint density at radius 2 is 1.78 bits per heavy atom. The van der Waals surface area contributed by atoms with E-state index in [1.807, 2.05) is 24.3 Å². The Balaban J connectivity index is 1.72. The number of hydrogen-bond acceptors (Lipinski definition) is 5. The van der Waals surface area contributed by atoms with Gasteiger partial charge < -0.3 is 9.84 Å². The SMILES string of the molecule is CCc1ccc(OC[C@H](O)CN2CCN(S(C)(=O)=O)CC2)cc1. The molecule has 0 amide bonds. The predicted octanol–water partition coefficient (Wildman–Crippen LogP) is 0.566. The normalized spacial score (nSPS) is 18.7. The van der Waals surface area contributed by atoms with Gasteiger partial charge in [-0.15, -0.1) is 0 Å². The lowest BCUT2D eigenvalue weighted by Gasteiger charge is -2.34. The van der Waals surface area contributed by atoms with Crippen LogP contribution in [0.1, 0.15) is 12.5 Å². The molecule has 1 heterocycles. The summed E-state index contributed by atoms with van der Waals surface area (Å²) in [6.07, 6.45) is 1.63. The maximum absolute atomic E-state index is 11.5. The number of aliphatic hydroxyl groups is 1. The Labute approximate surface area is 138 Å². The zero-order valence-electron chi connectivity index (χ0n) is 13.8. The van der Waals surface area contributed by atoms with Crippen molar-refractivity contribution in [1.29, 1.82) is 0 Å². The number of hydrogen-bond donors (Lipinski definition) is 1. The first kappa shape index (κ1) is 18.2. The summed E-state index contributed by atoms with van der Waals surface area (Å²) in [7, 11) is -3.11. The van der Waals surface area contributed by atoms with E-state index in [1.54, 1.807) is 0 Å². The minimum absolute atomic E-state index is 0.234. The lowest BCUT2D eigenvalue weighted by molar-refractivity contribution is 0.0569. The van der Waals surface area contributed by atoms with E-state index in [0.29, 0.717) is 32.7 Å². The molecule has 6 nitrogen and oxygen atoms in total. The molecule has 7 heteroatoms. The van der Waals surface area contributed by atoms with Crippen LogP contribution in [0.5, 0.6) is 5.75 Å². The van der Waals surface area contributed by atoms with Crippen LogP contribution in [0.4, 0.5) is 0 Å². The van der Waals surface area contributed by atoms with Crippen molar-refractivity contribution in [1.82, 2.24) is 9.21 Å². The Hall–Kier alpha value is -1.15. The summed E-state index contributed by atoms with van der Waals surface area (Å²) < 4.78 is 30.0. The summed E-state index contributed by atoms with van der Waals surface area (Å²) >= 11 is 0. The first-order valence-electron chi connectivity index (χ1n) is 7.95. The van der Waals surface area contributed by atoms with Gasteiger partial charge in [-0.1, -0.05) is 19.1 Å². The molecule has 0 aliphatic carbocycles. The van der Waals surface area contributed by atoms with Gasteiger partial charge in [0.05, 0.1) is 6.26 Å². The summed E-state index contributed by atoms with van der Waals surface area (Å²) in [5, 5.41) is 10.1. The fraction of sp³-hybridized carbons (Fsp3) is 0.625. The van der Waals surface area contributed by atoms with E-state index in [9.17, 15) is 13.5 Å². The topological polar surface area (TPSA) is 70.1 Å². The van der Waals surface area contributed by atoms with Crippen molar-refractivity contribution in [2.75, 3.05) is 45.6 Å². The molecule has 1 atom stereocenters. The van der Waals surface area contributed by atoms with Crippen LogP contribution in [0.3, 0.4) is 0 Å². The maximum Gasteiger partial charge on any atom is 0.211 e. The van der Waals surface area contributed by atoms with Crippen molar-refractivity contribution in [3.05, 3.63) is 29.8 Å². The molecule has 23 heavy (non-hydrogen) atoms. The summed E-state index contributed by atoms with van der Waals surface area (Å²) in [4.78, 5) is 2.07. The third kappa shape index (κ3) is 5.76. The quantitative estimate of drug-likeness (QED) is 0.784. The summed E-state index contributed by atoms with van der Waals surface area (Å²) in [5.41, 5.74) is 1.25. The van der Waals surface area contributed by atoms with Crippen LogP contribution in [0, 0.1) is 0 Å². The molecule has 0 unspecified atom stereocenters. The molecule has 1 aromatic rings. The number of aliphatic hydroxyl groups excluding tert-OH is 1. The zero-order valence-corrected chi connectivity index (χ0v) is 14.6. The molecule has 1 saturated heterocycles. The zero-order chi connectivity index (χ0) is 16.9. The highest BCUT2D eigenvalue weighted by molar-refractivity contribution is 7.88. The minimum atomic E-state index is -3.11. The molecular weight excluding hydrogens is 316 g/mol. The molecule has 0 saturated carbocycles. The number of sulfonamides is 1. The van der Waals surface area contributed by atoms with Gasteiger partial charge in [0, 0.05) is 32.7 Å². The van der Waals surface area contributed by atoms with E-state index in [1.165, 1.54) is 16.1 Å². The monoisotopic (exact) mass is 342 g/mol. The second kappa shape index (κ2) is 8.10. The van der Waals surface area contributed by atoms with Crippen molar-refractivity contribution in [3.63, 3.8) is 0 Å². The van der Waals surface area contributed by atoms with Crippen LogP contribution in [-0.2, 0) is 16.4 Å².